The first-order valence-corrected chi connectivity index (χ1v) is 21.2. The molecule has 0 aliphatic heterocycles. The fourth-order valence-electron chi connectivity index (χ4n) is 9.64. The van der Waals surface area contributed by atoms with Gasteiger partial charge in [0.15, 0.2) is 0 Å². The summed E-state index contributed by atoms with van der Waals surface area (Å²) >= 11 is 0. The van der Waals surface area contributed by atoms with Crippen molar-refractivity contribution in [2.75, 3.05) is 9.80 Å². The number of anilines is 6. The molecule has 0 unspecified atom stereocenters. The summed E-state index contributed by atoms with van der Waals surface area (Å²) < 4.78 is 2.39. The first-order valence-electron chi connectivity index (χ1n) is 21.2. The van der Waals surface area contributed by atoms with Crippen LogP contribution in [0.3, 0.4) is 0 Å². The molecule has 61 heavy (non-hydrogen) atoms. The van der Waals surface area contributed by atoms with Crippen molar-refractivity contribution < 1.29 is 0 Å². The first-order chi connectivity index (χ1) is 29.9. The van der Waals surface area contributed by atoms with Crippen LogP contribution in [0.25, 0.3) is 49.7 Å². The summed E-state index contributed by atoms with van der Waals surface area (Å²) in [5, 5.41) is 2.45. The highest BCUT2D eigenvalue weighted by molar-refractivity contribution is 6.11. The Hall–Kier alpha value is -7.62. The second-order valence-electron chi connectivity index (χ2n) is 16.7. The molecule has 1 aliphatic rings. The third-order valence-corrected chi connectivity index (χ3v) is 12.6. The van der Waals surface area contributed by atoms with E-state index in [4.69, 9.17) is 0 Å². The van der Waals surface area contributed by atoms with Crippen molar-refractivity contribution in [3.05, 3.63) is 235 Å². The zero-order chi connectivity index (χ0) is 41.1. The van der Waals surface area contributed by atoms with E-state index >= 15 is 0 Å². The fourth-order valence-corrected chi connectivity index (χ4v) is 9.64. The fraction of sp³-hybridized carbons (Fsp3) is 0.0690. The topological polar surface area (TPSA) is 11.4 Å². The Balaban J connectivity index is 1.16. The second kappa shape index (κ2) is 14.6. The van der Waals surface area contributed by atoms with Crippen LogP contribution in [0.5, 0.6) is 0 Å². The van der Waals surface area contributed by atoms with Crippen molar-refractivity contribution in [3.8, 4) is 27.9 Å². The maximum absolute atomic E-state index is 2.42. The molecule has 1 aromatic heterocycles. The van der Waals surface area contributed by atoms with Crippen LogP contribution in [0.15, 0.2) is 218 Å². The van der Waals surface area contributed by atoms with Crippen LogP contribution >= 0.6 is 0 Å². The summed E-state index contributed by atoms with van der Waals surface area (Å²) in [7, 11) is 0. The van der Waals surface area contributed by atoms with Gasteiger partial charge in [0.05, 0.1) is 16.7 Å². The summed E-state index contributed by atoms with van der Waals surface area (Å²) in [6, 6.07) is 79.8. The number of para-hydroxylation sites is 4. The van der Waals surface area contributed by atoms with Gasteiger partial charge in [-0.25, -0.2) is 0 Å². The predicted octanol–water partition coefficient (Wildman–Crippen LogP) is 16.0. The number of hydrogen-bond acceptors (Lipinski definition) is 2. The predicted molar refractivity (Wildman–Crippen MR) is 258 cm³/mol. The standard InChI is InChI=1S/C58H45N3/c1-40-27-30-45(31-28-40)60(43-19-9-5-10-20-43)56-36-33-46(38-51(56)41-29-35-57-52(37-41)50-24-14-16-26-55(50)61(57)44-21-11-6-12-22-44)59(42-17-7-4-8-18-42)47-32-34-49-48-23-13-15-25-53(48)58(2,3)54(49)39-47/h4-39H,1-3H3. The first kappa shape index (κ1) is 36.5. The van der Waals surface area contributed by atoms with Crippen LogP contribution in [-0.4, -0.2) is 4.57 Å². The largest absolute Gasteiger partial charge is 0.310 e. The number of aromatic nitrogens is 1. The summed E-state index contributed by atoms with van der Waals surface area (Å²) in [5.74, 6) is 0. The molecule has 0 spiro atoms. The molecule has 0 N–H and O–H groups in total. The highest BCUT2D eigenvalue weighted by Gasteiger charge is 2.36. The molecule has 292 valence electrons. The third kappa shape index (κ3) is 6.12. The molecule has 9 aromatic carbocycles. The Morgan fingerprint density at radius 3 is 1.69 bits per heavy atom. The minimum Gasteiger partial charge on any atom is -0.310 e. The highest BCUT2D eigenvalue weighted by Crippen LogP contribution is 2.51. The lowest BCUT2D eigenvalue weighted by molar-refractivity contribution is 0.660. The van der Waals surface area contributed by atoms with E-state index in [1.54, 1.807) is 0 Å². The average molecular weight is 784 g/mol. The van der Waals surface area contributed by atoms with E-state index in [-0.39, 0.29) is 5.41 Å². The molecular weight excluding hydrogens is 739 g/mol. The molecule has 0 bridgehead atoms. The van der Waals surface area contributed by atoms with Gasteiger partial charge in [-0.2, -0.15) is 0 Å². The van der Waals surface area contributed by atoms with Crippen LogP contribution in [0, 0.1) is 6.92 Å². The van der Waals surface area contributed by atoms with Gasteiger partial charge in [0.2, 0.25) is 0 Å². The minimum atomic E-state index is -0.127. The molecule has 0 radical (unpaired) electrons. The van der Waals surface area contributed by atoms with Crippen molar-refractivity contribution in [2.24, 2.45) is 0 Å². The lowest BCUT2D eigenvalue weighted by Crippen LogP contribution is -2.17. The van der Waals surface area contributed by atoms with Crippen molar-refractivity contribution in [1.82, 2.24) is 4.57 Å². The molecule has 10 aromatic rings. The monoisotopic (exact) mass is 783 g/mol. The quantitative estimate of drug-likeness (QED) is 0.152. The zero-order valence-electron chi connectivity index (χ0n) is 34.6. The number of rotatable bonds is 8. The number of hydrogen-bond donors (Lipinski definition) is 0. The van der Waals surface area contributed by atoms with Gasteiger partial charge in [0.25, 0.3) is 0 Å². The Morgan fingerprint density at radius 2 is 0.934 bits per heavy atom. The molecule has 0 fully saturated rings. The van der Waals surface area contributed by atoms with Crippen LogP contribution in [0.2, 0.25) is 0 Å². The second-order valence-corrected chi connectivity index (χ2v) is 16.7. The molecule has 0 saturated heterocycles. The number of nitrogens with zero attached hydrogens (tertiary/aromatic N) is 3. The third-order valence-electron chi connectivity index (χ3n) is 12.6. The molecule has 0 atom stereocenters. The molecule has 3 heteroatoms. The Labute approximate surface area is 358 Å². The number of benzene rings is 9. The molecule has 3 nitrogen and oxygen atoms in total. The Kier molecular flexibility index (Phi) is 8.72. The lowest BCUT2D eigenvalue weighted by atomic mass is 9.82. The number of fused-ring (bicyclic) bond motifs is 6. The maximum Gasteiger partial charge on any atom is 0.0541 e. The van der Waals surface area contributed by atoms with E-state index in [2.05, 4.69) is 254 Å². The van der Waals surface area contributed by atoms with Gasteiger partial charge in [0, 0.05) is 55.9 Å². The lowest BCUT2D eigenvalue weighted by Gasteiger charge is -2.31. The summed E-state index contributed by atoms with van der Waals surface area (Å²) in [6.07, 6.45) is 0. The van der Waals surface area contributed by atoms with Crippen LogP contribution in [0.4, 0.5) is 34.1 Å². The van der Waals surface area contributed by atoms with E-state index < -0.39 is 0 Å². The zero-order valence-corrected chi connectivity index (χ0v) is 34.6. The van der Waals surface area contributed by atoms with Crippen molar-refractivity contribution in [3.63, 3.8) is 0 Å². The summed E-state index contributed by atoms with van der Waals surface area (Å²) in [4.78, 5) is 4.82. The molecule has 0 amide bonds. The van der Waals surface area contributed by atoms with Gasteiger partial charge >= 0.3 is 0 Å². The van der Waals surface area contributed by atoms with E-state index in [0.29, 0.717) is 0 Å². The minimum absolute atomic E-state index is 0.127. The summed E-state index contributed by atoms with van der Waals surface area (Å²) in [6.45, 7) is 6.86. The SMILES string of the molecule is Cc1ccc(N(c2ccccc2)c2ccc(N(c3ccccc3)c3ccc4c(c3)C(C)(C)c3ccccc3-4)cc2-c2ccc3c(c2)c2ccccc2n3-c2ccccc2)cc1. The molecular formula is C58H45N3. The molecule has 1 aliphatic carbocycles. The van der Waals surface area contributed by atoms with Crippen LogP contribution in [0.1, 0.15) is 30.5 Å². The molecule has 0 saturated carbocycles. The molecule has 11 rings (SSSR count). The highest BCUT2D eigenvalue weighted by atomic mass is 15.2. The smallest absolute Gasteiger partial charge is 0.0541 e. The summed E-state index contributed by atoms with van der Waals surface area (Å²) in [5.41, 5.74) is 18.9. The van der Waals surface area contributed by atoms with Crippen LogP contribution < -0.4 is 9.80 Å². The van der Waals surface area contributed by atoms with E-state index in [0.717, 1.165) is 50.9 Å². The van der Waals surface area contributed by atoms with E-state index in [1.807, 2.05) is 0 Å². The van der Waals surface area contributed by atoms with Gasteiger partial charge in [-0.05, 0) is 132 Å². The van der Waals surface area contributed by atoms with Gasteiger partial charge in [-0.3, -0.25) is 0 Å². The Bertz CT molecular complexity index is 3220. The Morgan fingerprint density at radius 1 is 0.377 bits per heavy atom. The maximum atomic E-state index is 2.42. The van der Waals surface area contributed by atoms with Gasteiger partial charge in [-0.1, -0.05) is 141 Å². The molecule has 1 heterocycles. The normalized spacial score (nSPS) is 12.6. The van der Waals surface area contributed by atoms with Gasteiger partial charge < -0.3 is 14.4 Å². The average Bonchev–Trinajstić information content (AvgIpc) is 3.76. The van der Waals surface area contributed by atoms with E-state index in [9.17, 15) is 0 Å². The van der Waals surface area contributed by atoms with Gasteiger partial charge in [0.1, 0.15) is 0 Å². The van der Waals surface area contributed by atoms with Crippen LogP contribution in [-0.2, 0) is 5.41 Å². The number of aryl methyl sites for hydroxylation is 1. The van der Waals surface area contributed by atoms with Crippen molar-refractivity contribution in [1.29, 1.82) is 0 Å². The van der Waals surface area contributed by atoms with Crippen molar-refractivity contribution >= 4 is 55.9 Å². The van der Waals surface area contributed by atoms with Gasteiger partial charge in [-0.15, -0.1) is 0 Å². The van der Waals surface area contributed by atoms with Crippen molar-refractivity contribution in [2.45, 2.75) is 26.2 Å². The van der Waals surface area contributed by atoms with E-state index in [1.165, 1.54) is 49.6 Å².